The van der Waals surface area contributed by atoms with Crippen LogP contribution in [0.2, 0.25) is 0 Å². The van der Waals surface area contributed by atoms with E-state index in [1.165, 1.54) is 0 Å². The van der Waals surface area contributed by atoms with E-state index in [-0.39, 0.29) is 11.9 Å². The maximum Gasteiger partial charge on any atom is 0.224 e. The van der Waals surface area contributed by atoms with Crippen molar-refractivity contribution in [2.45, 2.75) is 19.4 Å². The maximum atomic E-state index is 12.1. The summed E-state index contributed by atoms with van der Waals surface area (Å²) in [5.74, 6) is 2.27. The number of nitrogens with one attached hydrogen (secondary N) is 1. The summed E-state index contributed by atoms with van der Waals surface area (Å²) < 4.78 is 15.9. The summed E-state index contributed by atoms with van der Waals surface area (Å²) in [6.45, 7) is 2.32. The van der Waals surface area contributed by atoms with Crippen molar-refractivity contribution in [3.8, 4) is 17.2 Å². The highest BCUT2D eigenvalue weighted by atomic mass is 16.5. The van der Waals surface area contributed by atoms with Gasteiger partial charge in [0.2, 0.25) is 5.91 Å². The van der Waals surface area contributed by atoms with E-state index >= 15 is 0 Å². The lowest BCUT2D eigenvalue weighted by atomic mass is 10.1. The molecule has 0 aliphatic carbocycles. The van der Waals surface area contributed by atoms with Gasteiger partial charge in [-0.2, -0.15) is 0 Å². The van der Waals surface area contributed by atoms with Crippen LogP contribution in [0.15, 0.2) is 48.5 Å². The van der Waals surface area contributed by atoms with E-state index in [1.807, 2.05) is 55.5 Å². The summed E-state index contributed by atoms with van der Waals surface area (Å²) in [4.78, 5) is 12.1. The van der Waals surface area contributed by atoms with E-state index < -0.39 is 0 Å². The smallest absolute Gasteiger partial charge is 0.224 e. The normalized spacial score (nSPS) is 11.5. The Labute approximate surface area is 142 Å². The number of amides is 1. The highest BCUT2D eigenvalue weighted by molar-refractivity contribution is 5.78. The predicted octanol–water partition coefficient (Wildman–Crippen LogP) is 2.83. The molecule has 1 N–H and O–H groups in total. The van der Waals surface area contributed by atoms with Crippen LogP contribution in [0.4, 0.5) is 0 Å². The second-order valence-electron chi connectivity index (χ2n) is 5.48. The van der Waals surface area contributed by atoms with Gasteiger partial charge in [0.05, 0.1) is 26.7 Å². The molecule has 0 heterocycles. The molecule has 1 atom stereocenters. The van der Waals surface area contributed by atoms with Crippen LogP contribution in [0, 0.1) is 0 Å². The fraction of sp³-hybridized carbons (Fsp3) is 0.316. The van der Waals surface area contributed by atoms with E-state index in [0.29, 0.717) is 13.0 Å². The van der Waals surface area contributed by atoms with Crippen molar-refractivity contribution in [1.82, 2.24) is 5.32 Å². The number of ether oxygens (including phenoxy) is 3. The second kappa shape index (κ2) is 8.82. The van der Waals surface area contributed by atoms with E-state index in [2.05, 4.69) is 5.32 Å². The minimum absolute atomic E-state index is 0.0361. The molecule has 0 aliphatic rings. The van der Waals surface area contributed by atoms with E-state index in [9.17, 15) is 4.79 Å². The highest BCUT2D eigenvalue weighted by Crippen LogP contribution is 2.17. The Morgan fingerprint density at radius 1 is 0.917 bits per heavy atom. The molecule has 1 amide bonds. The molecule has 0 radical (unpaired) electrons. The highest BCUT2D eigenvalue weighted by Gasteiger charge is 2.09. The second-order valence-corrected chi connectivity index (χ2v) is 5.48. The van der Waals surface area contributed by atoms with Gasteiger partial charge in [-0.3, -0.25) is 4.79 Å². The van der Waals surface area contributed by atoms with Gasteiger partial charge < -0.3 is 19.5 Å². The summed E-state index contributed by atoms with van der Waals surface area (Å²) in [5.41, 5.74) is 0.941. The topological polar surface area (TPSA) is 56.8 Å². The average molecular weight is 329 g/mol. The minimum Gasteiger partial charge on any atom is -0.497 e. The molecule has 24 heavy (non-hydrogen) atoms. The summed E-state index contributed by atoms with van der Waals surface area (Å²) in [5, 5.41) is 2.93. The van der Waals surface area contributed by atoms with E-state index in [1.54, 1.807) is 14.2 Å². The fourth-order valence-electron chi connectivity index (χ4n) is 2.19. The first-order valence-electron chi connectivity index (χ1n) is 7.80. The molecular formula is C19H23NO4. The van der Waals surface area contributed by atoms with E-state index in [0.717, 1.165) is 22.8 Å². The Bertz CT molecular complexity index is 637. The van der Waals surface area contributed by atoms with Crippen molar-refractivity contribution in [2.75, 3.05) is 20.8 Å². The largest absolute Gasteiger partial charge is 0.497 e. The SMILES string of the molecule is COc1ccc(CC(=O)N[C@@H](C)COc2ccc(OC)cc2)cc1. The molecule has 0 bridgehead atoms. The first-order valence-corrected chi connectivity index (χ1v) is 7.80. The van der Waals surface area contributed by atoms with Crippen LogP contribution in [-0.2, 0) is 11.2 Å². The lowest BCUT2D eigenvalue weighted by Gasteiger charge is -2.15. The Balaban J connectivity index is 1.75. The fourth-order valence-corrected chi connectivity index (χ4v) is 2.19. The molecular weight excluding hydrogens is 306 g/mol. The van der Waals surface area contributed by atoms with Crippen molar-refractivity contribution >= 4 is 5.91 Å². The first-order chi connectivity index (χ1) is 11.6. The van der Waals surface area contributed by atoms with Crippen LogP contribution < -0.4 is 19.5 Å². The van der Waals surface area contributed by atoms with Crippen molar-refractivity contribution in [1.29, 1.82) is 0 Å². The van der Waals surface area contributed by atoms with Crippen LogP contribution in [0.3, 0.4) is 0 Å². The minimum atomic E-state index is -0.0853. The summed E-state index contributed by atoms with van der Waals surface area (Å²) in [7, 11) is 3.24. The third-order valence-electron chi connectivity index (χ3n) is 3.49. The van der Waals surface area contributed by atoms with Gasteiger partial charge in [0, 0.05) is 0 Å². The van der Waals surface area contributed by atoms with Crippen molar-refractivity contribution < 1.29 is 19.0 Å². The molecule has 0 spiro atoms. The summed E-state index contributed by atoms with van der Waals surface area (Å²) in [6, 6.07) is 14.7. The van der Waals surface area contributed by atoms with Crippen molar-refractivity contribution in [2.24, 2.45) is 0 Å². The number of hydrogen-bond donors (Lipinski definition) is 1. The molecule has 0 saturated carbocycles. The molecule has 0 saturated heterocycles. The Hall–Kier alpha value is -2.69. The van der Waals surface area contributed by atoms with Gasteiger partial charge >= 0.3 is 0 Å². The van der Waals surface area contributed by atoms with Gasteiger partial charge in [-0.25, -0.2) is 0 Å². The molecule has 0 aliphatic heterocycles. The van der Waals surface area contributed by atoms with Crippen molar-refractivity contribution in [3.05, 3.63) is 54.1 Å². The molecule has 5 nitrogen and oxygen atoms in total. The first kappa shape index (κ1) is 17.7. The van der Waals surface area contributed by atoms with Crippen LogP contribution >= 0.6 is 0 Å². The molecule has 0 aromatic heterocycles. The molecule has 2 aromatic carbocycles. The maximum absolute atomic E-state index is 12.1. The average Bonchev–Trinajstić information content (AvgIpc) is 2.61. The van der Waals surface area contributed by atoms with E-state index in [4.69, 9.17) is 14.2 Å². The van der Waals surface area contributed by atoms with Gasteiger partial charge in [0.15, 0.2) is 0 Å². The Morgan fingerprint density at radius 3 is 1.96 bits per heavy atom. The van der Waals surface area contributed by atoms with Gasteiger partial charge in [-0.15, -0.1) is 0 Å². The summed E-state index contributed by atoms with van der Waals surface area (Å²) >= 11 is 0. The predicted molar refractivity (Wildman–Crippen MR) is 92.8 cm³/mol. The van der Waals surface area contributed by atoms with Gasteiger partial charge in [0.25, 0.3) is 0 Å². The molecule has 5 heteroatoms. The van der Waals surface area contributed by atoms with Gasteiger partial charge in [-0.05, 0) is 48.9 Å². The third kappa shape index (κ3) is 5.50. The third-order valence-corrected chi connectivity index (χ3v) is 3.49. The quantitative estimate of drug-likeness (QED) is 0.809. The van der Waals surface area contributed by atoms with Crippen LogP contribution in [0.1, 0.15) is 12.5 Å². The zero-order chi connectivity index (χ0) is 17.4. The number of carbonyl (C=O) groups excluding carboxylic acids is 1. The Morgan fingerprint density at radius 2 is 1.42 bits per heavy atom. The lowest BCUT2D eigenvalue weighted by Crippen LogP contribution is -2.37. The van der Waals surface area contributed by atoms with Gasteiger partial charge in [-0.1, -0.05) is 12.1 Å². The zero-order valence-electron chi connectivity index (χ0n) is 14.2. The molecule has 0 unspecified atom stereocenters. The van der Waals surface area contributed by atoms with Crippen molar-refractivity contribution in [3.63, 3.8) is 0 Å². The number of methoxy groups -OCH3 is 2. The standard InChI is InChI=1S/C19H23NO4/c1-14(13-24-18-10-8-17(23-3)9-11-18)20-19(21)12-15-4-6-16(22-2)7-5-15/h4-11,14H,12-13H2,1-3H3,(H,20,21)/t14-/m0/s1. The van der Waals surface area contributed by atoms with Crippen LogP contribution in [0.25, 0.3) is 0 Å². The number of benzene rings is 2. The number of hydrogen-bond acceptors (Lipinski definition) is 4. The number of rotatable bonds is 8. The van der Waals surface area contributed by atoms with Gasteiger partial charge in [0.1, 0.15) is 23.9 Å². The van der Waals surface area contributed by atoms with Crippen LogP contribution in [0.5, 0.6) is 17.2 Å². The zero-order valence-corrected chi connectivity index (χ0v) is 14.2. The summed E-state index contributed by atoms with van der Waals surface area (Å²) in [6.07, 6.45) is 0.330. The number of carbonyl (C=O) groups is 1. The molecule has 128 valence electrons. The molecule has 0 fully saturated rings. The molecule has 2 aromatic rings. The monoisotopic (exact) mass is 329 g/mol. The van der Waals surface area contributed by atoms with Crippen LogP contribution in [-0.4, -0.2) is 32.8 Å². The Kier molecular flexibility index (Phi) is 6.49. The molecule has 2 rings (SSSR count). The lowest BCUT2D eigenvalue weighted by molar-refractivity contribution is -0.121.